The standard InChI is InChI=1S/C19H19N5O/c25-19(24-10-2-1-3-11-24)18-13-20-12-17(22-18)15-6-4-14(5-7-15)16-8-9-21-23-16/h4-9,12-13H,1-3,10-11H2,(H,21,23). The Bertz CT molecular complexity index is 852. The molecule has 1 amide bonds. The summed E-state index contributed by atoms with van der Waals surface area (Å²) in [6.07, 6.45) is 8.29. The number of hydrogen-bond acceptors (Lipinski definition) is 4. The van der Waals surface area contributed by atoms with Gasteiger partial charge in [-0.05, 0) is 30.9 Å². The zero-order chi connectivity index (χ0) is 17.1. The minimum Gasteiger partial charge on any atom is -0.337 e. The van der Waals surface area contributed by atoms with Gasteiger partial charge in [-0.1, -0.05) is 24.3 Å². The number of likely N-dealkylation sites (tertiary alicyclic amines) is 1. The van der Waals surface area contributed by atoms with Gasteiger partial charge >= 0.3 is 0 Å². The number of nitrogens with zero attached hydrogens (tertiary/aromatic N) is 4. The van der Waals surface area contributed by atoms with Gasteiger partial charge in [0.15, 0.2) is 0 Å². The van der Waals surface area contributed by atoms with Crippen LogP contribution in [0.3, 0.4) is 0 Å². The van der Waals surface area contributed by atoms with Crippen LogP contribution in [0.2, 0.25) is 0 Å². The van der Waals surface area contributed by atoms with Crippen LogP contribution < -0.4 is 0 Å². The van der Waals surface area contributed by atoms with Crippen molar-refractivity contribution in [1.82, 2.24) is 25.1 Å². The number of H-pyrrole nitrogens is 1. The minimum atomic E-state index is -0.0249. The molecule has 0 radical (unpaired) electrons. The second kappa shape index (κ2) is 6.84. The highest BCUT2D eigenvalue weighted by molar-refractivity contribution is 5.92. The minimum absolute atomic E-state index is 0.0249. The van der Waals surface area contributed by atoms with E-state index in [2.05, 4.69) is 20.2 Å². The summed E-state index contributed by atoms with van der Waals surface area (Å²) in [5, 5.41) is 6.91. The molecular weight excluding hydrogens is 314 g/mol. The molecule has 0 bridgehead atoms. The van der Waals surface area contributed by atoms with Crippen molar-refractivity contribution >= 4 is 5.91 Å². The fraction of sp³-hybridized carbons (Fsp3) is 0.263. The lowest BCUT2D eigenvalue weighted by atomic mass is 10.1. The lowest BCUT2D eigenvalue weighted by molar-refractivity contribution is 0.0718. The van der Waals surface area contributed by atoms with Crippen molar-refractivity contribution < 1.29 is 4.79 Å². The summed E-state index contributed by atoms with van der Waals surface area (Å²) in [4.78, 5) is 23.2. The van der Waals surface area contributed by atoms with Crippen molar-refractivity contribution in [1.29, 1.82) is 0 Å². The summed E-state index contributed by atoms with van der Waals surface area (Å²) >= 11 is 0. The second-order valence-electron chi connectivity index (χ2n) is 6.19. The van der Waals surface area contributed by atoms with Crippen molar-refractivity contribution in [3.63, 3.8) is 0 Å². The maximum Gasteiger partial charge on any atom is 0.274 e. The van der Waals surface area contributed by atoms with Crippen LogP contribution in [0.4, 0.5) is 0 Å². The molecule has 126 valence electrons. The van der Waals surface area contributed by atoms with Gasteiger partial charge in [0, 0.05) is 24.8 Å². The number of carbonyl (C=O) groups is 1. The number of aromatic amines is 1. The van der Waals surface area contributed by atoms with Gasteiger partial charge in [0.2, 0.25) is 0 Å². The molecule has 1 aliphatic rings. The molecule has 1 aliphatic heterocycles. The number of amides is 1. The predicted octanol–water partition coefficient (Wildman–Crippen LogP) is 3.16. The topological polar surface area (TPSA) is 74.8 Å². The normalized spacial score (nSPS) is 14.5. The third kappa shape index (κ3) is 3.28. The third-order valence-corrected chi connectivity index (χ3v) is 4.49. The molecule has 1 aromatic carbocycles. The average Bonchev–Trinajstić information content (AvgIpc) is 3.23. The molecular formula is C19H19N5O. The van der Waals surface area contributed by atoms with Gasteiger partial charge in [-0.2, -0.15) is 5.10 Å². The Morgan fingerprint density at radius 2 is 1.72 bits per heavy atom. The van der Waals surface area contributed by atoms with Crippen molar-refractivity contribution in [2.24, 2.45) is 0 Å². The van der Waals surface area contributed by atoms with Crippen molar-refractivity contribution in [3.8, 4) is 22.5 Å². The van der Waals surface area contributed by atoms with E-state index >= 15 is 0 Å². The molecule has 3 aromatic rings. The molecule has 6 nitrogen and oxygen atoms in total. The molecule has 3 heterocycles. The van der Waals surface area contributed by atoms with Gasteiger partial charge in [0.25, 0.3) is 5.91 Å². The highest BCUT2D eigenvalue weighted by atomic mass is 16.2. The number of benzene rings is 1. The van der Waals surface area contributed by atoms with E-state index in [0.717, 1.165) is 42.8 Å². The Balaban J connectivity index is 1.57. The van der Waals surface area contributed by atoms with Crippen molar-refractivity contribution in [3.05, 3.63) is 54.6 Å². The molecule has 25 heavy (non-hydrogen) atoms. The second-order valence-corrected chi connectivity index (χ2v) is 6.19. The maximum atomic E-state index is 12.6. The summed E-state index contributed by atoms with van der Waals surface area (Å²) in [6, 6.07) is 9.89. The molecule has 0 atom stereocenters. The first-order valence-electron chi connectivity index (χ1n) is 8.53. The van der Waals surface area contributed by atoms with Crippen LogP contribution >= 0.6 is 0 Å². The summed E-state index contributed by atoms with van der Waals surface area (Å²) < 4.78 is 0. The van der Waals surface area contributed by atoms with Crippen LogP contribution in [-0.2, 0) is 0 Å². The molecule has 0 aliphatic carbocycles. The fourth-order valence-electron chi connectivity index (χ4n) is 3.10. The zero-order valence-electron chi connectivity index (χ0n) is 13.9. The fourth-order valence-corrected chi connectivity index (χ4v) is 3.10. The average molecular weight is 333 g/mol. The lowest BCUT2D eigenvalue weighted by Crippen LogP contribution is -2.36. The van der Waals surface area contributed by atoms with E-state index in [1.54, 1.807) is 18.6 Å². The summed E-state index contributed by atoms with van der Waals surface area (Å²) in [5.41, 5.74) is 4.07. The summed E-state index contributed by atoms with van der Waals surface area (Å²) in [6.45, 7) is 1.62. The molecule has 6 heteroatoms. The largest absolute Gasteiger partial charge is 0.337 e. The van der Waals surface area contributed by atoms with Crippen LogP contribution in [0.1, 0.15) is 29.8 Å². The molecule has 1 N–H and O–H groups in total. The molecule has 2 aromatic heterocycles. The van der Waals surface area contributed by atoms with Crippen LogP contribution in [0.15, 0.2) is 48.9 Å². The first kappa shape index (κ1) is 15.5. The van der Waals surface area contributed by atoms with E-state index in [4.69, 9.17) is 0 Å². The quantitative estimate of drug-likeness (QED) is 0.799. The number of nitrogens with one attached hydrogen (secondary N) is 1. The molecule has 0 unspecified atom stereocenters. The van der Waals surface area contributed by atoms with E-state index in [-0.39, 0.29) is 5.91 Å². The Morgan fingerprint density at radius 3 is 2.44 bits per heavy atom. The van der Waals surface area contributed by atoms with Crippen LogP contribution in [0.5, 0.6) is 0 Å². The van der Waals surface area contributed by atoms with Crippen molar-refractivity contribution in [2.45, 2.75) is 19.3 Å². The zero-order valence-corrected chi connectivity index (χ0v) is 13.9. The molecule has 1 saturated heterocycles. The molecule has 1 fully saturated rings. The van der Waals surface area contributed by atoms with Gasteiger partial charge in [-0.3, -0.25) is 14.9 Å². The lowest BCUT2D eigenvalue weighted by Gasteiger charge is -2.26. The molecule has 0 saturated carbocycles. The smallest absolute Gasteiger partial charge is 0.274 e. The number of aromatic nitrogens is 4. The van der Waals surface area contributed by atoms with Crippen LogP contribution in [0, 0.1) is 0 Å². The van der Waals surface area contributed by atoms with Gasteiger partial charge in [-0.25, -0.2) is 4.98 Å². The van der Waals surface area contributed by atoms with E-state index in [0.29, 0.717) is 11.4 Å². The number of hydrogen-bond donors (Lipinski definition) is 1. The number of piperidine rings is 1. The Morgan fingerprint density at radius 1 is 0.960 bits per heavy atom. The summed E-state index contributed by atoms with van der Waals surface area (Å²) in [5.74, 6) is -0.0249. The number of carbonyl (C=O) groups excluding carboxylic acids is 1. The van der Waals surface area contributed by atoms with Gasteiger partial charge < -0.3 is 4.90 Å². The predicted molar refractivity (Wildman–Crippen MR) is 94.8 cm³/mol. The monoisotopic (exact) mass is 333 g/mol. The van der Waals surface area contributed by atoms with Gasteiger partial charge in [0.05, 0.1) is 23.8 Å². The van der Waals surface area contributed by atoms with E-state index in [1.165, 1.54) is 6.42 Å². The Hall–Kier alpha value is -3.02. The SMILES string of the molecule is O=C(c1cncc(-c2ccc(-c3ccn[nH]3)cc2)n1)N1CCCCC1. The summed E-state index contributed by atoms with van der Waals surface area (Å²) in [7, 11) is 0. The first-order valence-corrected chi connectivity index (χ1v) is 8.53. The first-order chi connectivity index (χ1) is 12.3. The van der Waals surface area contributed by atoms with Crippen LogP contribution in [0.25, 0.3) is 22.5 Å². The van der Waals surface area contributed by atoms with E-state index in [1.807, 2.05) is 35.2 Å². The van der Waals surface area contributed by atoms with Gasteiger partial charge in [0.1, 0.15) is 5.69 Å². The Kier molecular flexibility index (Phi) is 4.24. The van der Waals surface area contributed by atoms with E-state index < -0.39 is 0 Å². The third-order valence-electron chi connectivity index (χ3n) is 4.49. The van der Waals surface area contributed by atoms with Gasteiger partial charge in [-0.15, -0.1) is 0 Å². The van der Waals surface area contributed by atoms with Crippen molar-refractivity contribution in [2.75, 3.05) is 13.1 Å². The Labute approximate surface area is 145 Å². The van der Waals surface area contributed by atoms with E-state index in [9.17, 15) is 4.79 Å². The number of rotatable bonds is 3. The van der Waals surface area contributed by atoms with Crippen LogP contribution in [-0.4, -0.2) is 44.1 Å². The maximum absolute atomic E-state index is 12.6. The highest BCUT2D eigenvalue weighted by Gasteiger charge is 2.20. The molecule has 0 spiro atoms. The molecule has 4 rings (SSSR count). The highest BCUT2D eigenvalue weighted by Crippen LogP contribution is 2.22.